The van der Waals surface area contributed by atoms with Crippen LogP contribution in [0.25, 0.3) is 0 Å². The zero-order valence-electron chi connectivity index (χ0n) is 16.4. The summed E-state index contributed by atoms with van der Waals surface area (Å²) in [6, 6.07) is 1.41. The third-order valence-electron chi connectivity index (χ3n) is 5.82. The van der Waals surface area contributed by atoms with Crippen molar-refractivity contribution in [3.8, 4) is 11.8 Å². The number of nitrogens with one attached hydrogen (secondary N) is 2. The maximum Gasteiger partial charge on any atom is 0.308 e. The topological polar surface area (TPSA) is 130 Å². The summed E-state index contributed by atoms with van der Waals surface area (Å²) in [4.78, 5) is 38.3. The molecule has 0 aromatic carbocycles. The minimum Gasteiger partial charge on any atom is -0.493 e. The number of carbonyl (C=O) groups excluding carboxylic acids is 3. The largest absolute Gasteiger partial charge is 0.493 e. The van der Waals surface area contributed by atoms with E-state index >= 15 is 0 Å². The van der Waals surface area contributed by atoms with Crippen LogP contribution in [0.15, 0.2) is 12.1 Å². The first kappa shape index (κ1) is 21.2. The van der Waals surface area contributed by atoms with E-state index < -0.39 is 29.5 Å². The second-order valence-electron chi connectivity index (χ2n) is 7.81. The number of ketones is 1. The molecule has 1 aromatic rings. The molecule has 160 valence electrons. The third kappa shape index (κ3) is 5.29. The van der Waals surface area contributed by atoms with Crippen molar-refractivity contribution in [1.29, 1.82) is 0 Å². The SMILES string of the molecule is O=C(Nn1c(O)ccc1O)C(=O)C(NC(=O)C1CCCCCC1)C1CCOCC1. The molecule has 9 nitrogen and oxygen atoms in total. The fraction of sp³-hybridized carbons (Fsp3) is 0.650. The predicted molar refractivity (Wildman–Crippen MR) is 104 cm³/mol. The third-order valence-corrected chi connectivity index (χ3v) is 5.82. The van der Waals surface area contributed by atoms with Crippen molar-refractivity contribution in [3.63, 3.8) is 0 Å². The van der Waals surface area contributed by atoms with E-state index in [-0.39, 0.29) is 17.7 Å². The van der Waals surface area contributed by atoms with Crippen molar-refractivity contribution in [3.05, 3.63) is 12.1 Å². The van der Waals surface area contributed by atoms with E-state index in [0.29, 0.717) is 30.7 Å². The number of rotatable bonds is 6. The second-order valence-corrected chi connectivity index (χ2v) is 7.81. The molecule has 2 fully saturated rings. The van der Waals surface area contributed by atoms with Gasteiger partial charge in [-0.25, -0.2) is 0 Å². The van der Waals surface area contributed by atoms with E-state index in [9.17, 15) is 24.6 Å². The number of amides is 2. The van der Waals surface area contributed by atoms with E-state index in [2.05, 4.69) is 10.7 Å². The standard InChI is InChI=1S/C20H29N3O6/c24-15-7-8-16(25)23(15)22-20(28)18(26)17(13-9-11-29-12-10-13)21-19(27)14-5-3-1-2-4-6-14/h7-8,13-14,17,24-25H,1-6,9-12H2,(H,21,27)(H,22,28). The molecular weight excluding hydrogens is 378 g/mol. The fourth-order valence-electron chi connectivity index (χ4n) is 4.09. The number of nitrogens with zero attached hydrogens (tertiary/aromatic N) is 1. The Kier molecular flexibility index (Phi) is 7.13. The van der Waals surface area contributed by atoms with Crippen LogP contribution in [0.5, 0.6) is 11.8 Å². The molecule has 2 amide bonds. The van der Waals surface area contributed by atoms with Crippen LogP contribution in [0.1, 0.15) is 51.4 Å². The minimum atomic E-state index is -1.01. The van der Waals surface area contributed by atoms with Gasteiger partial charge in [-0.15, -0.1) is 0 Å². The molecule has 0 radical (unpaired) electrons. The van der Waals surface area contributed by atoms with Gasteiger partial charge < -0.3 is 20.3 Å². The molecule has 1 aromatic heterocycles. The fourth-order valence-corrected chi connectivity index (χ4v) is 4.09. The van der Waals surface area contributed by atoms with Gasteiger partial charge in [-0.2, -0.15) is 4.68 Å². The van der Waals surface area contributed by atoms with Crippen LogP contribution in [0.2, 0.25) is 0 Å². The summed E-state index contributed by atoms with van der Waals surface area (Å²) in [5.74, 6) is -3.16. The van der Waals surface area contributed by atoms with Gasteiger partial charge in [-0.3, -0.25) is 19.8 Å². The van der Waals surface area contributed by atoms with Crippen molar-refractivity contribution < 1.29 is 29.3 Å². The lowest BCUT2D eigenvalue weighted by Crippen LogP contribution is -2.53. The van der Waals surface area contributed by atoms with Crippen molar-refractivity contribution >= 4 is 17.6 Å². The lowest BCUT2D eigenvalue weighted by molar-refractivity contribution is -0.140. The monoisotopic (exact) mass is 407 g/mol. The number of carbonyl (C=O) groups is 3. The van der Waals surface area contributed by atoms with Crippen molar-refractivity contribution in [1.82, 2.24) is 9.99 Å². The van der Waals surface area contributed by atoms with Crippen LogP contribution in [0.3, 0.4) is 0 Å². The first-order valence-corrected chi connectivity index (χ1v) is 10.3. The smallest absolute Gasteiger partial charge is 0.308 e. The quantitative estimate of drug-likeness (QED) is 0.417. The number of hydrogen-bond donors (Lipinski definition) is 4. The zero-order chi connectivity index (χ0) is 20.8. The highest BCUT2D eigenvalue weighted by molar-refractivity contribution is 6.41. The second kappa shape index (κ2) is 9.78. The van der Waals surface area contributed by atoms with E-state index in [1.807, 2.05) is 0 Å². The first-order chi connectivity index (χ1) is 14.0. The molecule has 1 unspecified atom stereocenters. The average molecular weight is 407 g/mol. The molecule has 1 saturated carbocycles. The molecule has 1 aliphatic heterocycles. The van der Waals surface area contributed by atoms with Crippen LogP contribution < -0.4 is 10.7 Å². The Labute approximate surface area is 169 Å². The summed E-state index contributed by atoms with van der Waals surface area (Å²) < 4.78 is 6.07. The molecular formula is C20H29N3O6. The van der Waals surface area contributed by atoms with Gasteiger partial charge in [0.15, 0.2) is 0 Å². The highest BCUT2D eigenvalue weighted by Gasteiger charge is 2.36. The summed E-state index contributed by atoms with van der Waals surface area (Å²) in [6.07, 6.45) is 6.90. The number of aromatic hydroxyl groups is 2. The van der Waals surface area contributed by atoms with Gasteiger partial charge in [0.2, 0.25) is 23.5 Å². The van der Waals surface area contributed by atoms with E-state index in [0.717, 1.165) is 38.5 Å². The Morgan fingerprint density at radius 2 is 1.55 bits per heavy atom. The van der Waals surface area contributed by atoms with Crippen LogP contribution in [0, 0.1) is 11.8 Å². The lowest BCUT2D eigenvalue weighted by Gasteiger charge is -2.30. The average Bonchev–Trinajstić information content (AvgIpc) is 2.94. The Balaban J connectivity index is 1.72. The maximum atomic E-state index is 12.9. The van der Waals surface area contributed by atoms with Gasteiger partial charge in [-0.1, -0.05) is 25.7 Å². The summed E-state index contributed by atoms with van der Waals surface area (Å²) in [5, 5.41) is 22.2. The Bertz CT molecular complexity index is 713. The number of ether oxygens (including phenoxy) is 1. The summed E-state index contributed by atoms with van der Waals surface area (Å²) in [7, 11) is 0. The Morgan fingerprint density at radius 3 is 2.14 bits per heavy atom. The number of Topliss-reactive ketones (excluding diaryl/α,β-unsaturated/α-hetero) is 1. The van der Waals surface area contributed by atoms with E-state index in [4.69, 9.17) is 4.74 Å². The van der Waals surface area contributed by atoms with Gasteiger partial charge >= 0.3 is 5.91 Å². The van der Waals surface area contributed by atoms with Gasteiger partial charge in [0.1, 0.15) is 6.04 Å². The van der Waals surface area contributed by atoms with Gasteiger partial charge in [0.25, 0.3) is 0 Å². The summed E-state index contributed by atoms with van der Waals surface area (Å²) >= 11 is 0. The Hall–Kier alpha value is -2.55. The summed E-state index contributed by atoms with van der Waals surface area (Å²) in [6.45, 7) is 0.934. The maximum absolute atomic E-state index is 12.9. The molecule has 1 saturated heterocycles. The molecule has 0 spiro atoms. The van der Waals surface area contributed by atoms with Crippen LogP contribution in [-0.4, -0.2) is 51.7 Å². The van der Waals surface area contributed by atoms with Crippen LogP contribution >= 0.6 is 0 Å². The van der Waals surface area contributed by atoms with E-state index in [1.165, 1.54) is 12.1 Å². The highest BCUT2D eigenvalue weighted by Crippen LogP contribution is 2.25. The molecule has 0 bridgehead atoms. The van der Waals surface area contributed by atoms with Crippen LogP contribution in [-0.2, 0) is 19.1 Å². The van der Waals surface area contributed by atoms with Crippen molar-refractivity contribution in [2.75, 3.05) is 18.6 Å². The van der Waals surface area contributed by atoms with Crippen LogP contribution in [0.4, 0.5) is 0 Å². The van der Waals surface area contributed by atoms with Gasteiger partial charge in [0, 0.05) is 31.3 Å². The Morgan fingerprint density at radius 1 is 0.966 bits per heavy atom. The van der Waals surface area contributed by atoms with Crippen molar-refractivity contribution in [2.45, 2.75) is 57.4 Å². The molecule has 1 aliphatic carbocycles. The molecule has 4 N–H and O–H groups in total. The number of hydrogen-bond acceptors (Lipinski definition) is 6. The molecule has 1 atom stereocenters. The normalized spacial score (nSPS) is 19.9. The minimum absolute atomic E-state index is 0.145. The molecule has 2 heterocycles. The highest BCUT2D eigenvalue weighted by atomic mass is 16.5. The number of aromatic nitrogens is 1. The molecule has 29 heavy (non-hydrogen) atoms. The first-order valence-electron chi connectivity index (χ1n) is 10.3. The lowest BCUT2D eigenvalue weighted by atomic mass is 9.87. The van der Waals surface area contributed by atoms with Crippen molar-refractivity contribution in [2.24, 2.45) is 11.8 Å². The molecule has 2 aliphatic rings. The zero-order valence-corrected chi connectivity index (χ0v) is 16.4. The predicted octanol–water partition coefficient (Wildman–Crippen LogP) is 1.42. The molecule has 3 rings (SSSR count). The van der Waals surface area contributed by atoms with E-state index in [1.54, 1.807) is 0 Å². The van der Waals surface area contributed by atoms with Gasteiger partial charge in [-0.05, 0) is 31.6 Å². The van der Waals surface area contributed by atoms with Gasteiger partial charge in [0.05, 0.1) is 0 Å². The summed E-state index contributed by atoms with van der Waals surface area (Å²) in [5.41, 5.74) is 2.19. The molecule has 9 heteroatoms.